The first-order valence-corrected chi connectivity index (χ1v) is 8.77. The highest BCUT2D eigenvalue weighted by atomic mass is 35.5. The Morgan fingerprint density at radius 1 is 1.13 bits per heavy atom. The molecule has 0 amide bonds. The minimum absolute atomic E-state index is 0.0326. The van der Waals surface area contributed by atoms with Crippen LogP contribution in [0, 0.1) is 0 Å². The van der Waals surface area contributed by atoms with E-state index < -0.39 is 10.0 Å². The summed E-state index contributed by atoms with van der Waals surface area (Å²) in [6.07, 6.45) is 0. The first-order valence-electron chi connectivity index (χ1n) is 6.95. The summed E-state index contributed by atoms with van der Waals surface area (Å²) in [5.74, 6) is 0.926. The Labute approximate surface area is 141 Å². The van der Waals surface area contributed by atoms with E-state index in [1.54, 1.807) is 50.4 Å². The monoisotopic (exact) mass is 355 g/mol. The Morgan fingerprint density at radius 3 is 2.35 bits per heavy atom. The molecule has 23 heavy (non-hydrogen) atoms. The number of benzene rings is 2. The van der Waals surface area contributed by atoms with Gasteiger partial charge in [0.25, 0.3) is 10.0 Å². The fourth-order valence-electron chi connectivity index (χ4n) is 2.04. The fourth-order valence-corrected chi connectivity index (χ4v) is 3.62. The lowest BCUT2D eigenvalue weighted by atomic mass is 10.3. The summed E-state index contributed by atoms with van der Waals surface area (Å²) in [6, 6.07) is 11.3. The lowest BCUT2D eigenvalue weighted by Crippen LogP contribution is -2.27. The first kappa shape index (κ1) is 17.4. The van der Waals surface area contributed by atoms with Crippen LogP contribution in [0.15, 0.2) is 47.4 Å². The van der Waals surface area contributed by atoms with Gasteiger partial charge in [-0.05, 0) is 49.4 Å². The molecular formula is C16H18ClNO4S. The summed E-state index contributed by atoms with van der Waals surface area (Å²) in [5, 5.41) is 0.329. The van der Waals surface area contributed by atoms with Crippen LogP contribution in [0.1, 0.15) is 6.92 Å². The number of nitrogens with zero attached hydrogens (tertiary/aromatic N) is 1. The van der Waals surface area contributed by atoms with Crippen LogP contribution >= 0.6 is 11.6 Å². The molecule has 5 nitrogen and oxygen atoms in total. The van der Waals surface area contributed by atoms with Crippen molar-refractivity contribution in [3.63, 3.8) is 0 Å². The third-order valence-corrected chi connectivity index (χ3v) is 5.32. The Bertz CT molecular complexity index is 775. The van der Waals surface area contributed by atoms with Crippen LogP contribution in [-0.2, 0) is 10.0 Å². The molecule has 0 aliphatic carbocycles. The fraction of sp³-hybridized carbons (Fsp3) is 0.250. The molecule has 0 N–H and O–H groups in total. The Morgan fingerprint density at radius 2 is 1.78 bits per heavy atom. The average molecular weight is 356 g/mol. The van der Waals surface area contributed by atoms with Crippen molar-refractivity contribution in [1.82, 2.24) is 0 Å². The third kappa shape index (κ3) is 3.71. The van der Waals surface area contributed by atoms with Crippen molar-refractivity contribution in [3.8, 4) is 11.5 Å². The van der Waals surface area contributed by atoms with Gasteiger partial charge in [0, 0.05) is 12.1 Å². The highest BCUT2D eigenvalue weighted by molar-refractivity contribution is 7.93. The maximum Gasteiger partial charge on any atom is 0.267 e. The lowest BCUT2D eigenvalue weighted by molar-refractivity contribution is 0.331. The summed E-state index contributed by atoms with van der Waals surface area (Å²) in [6.45, 7) is 2.15. The van der Waals surface area contributed by atoms with Crippen LogP contribution in [0.5, 0.6) is 11.5 Å². The van der Waals surface area contributed by atoms with Crippen molar-refractivity contribution in [1.29, 1.82) is 0 Å². The number of halogens is 1. The number of hydrogen-bond donors (Lipinski definition) is 0. The molecule has 0 aliphatic rings. The van der Waals surface area contributed by atoms with E-state index in [0.717, 1.165) is 0 Å². The van der Waals surface area contributed by atoms with Crippen LogP contribution in [0.2, 0.25) is 5.02 Å². The largest absolute Gasteiger partial charge is 0.497 e. The number of hydrogen-bond acceptors (Lipinski definition) is 4. The number of methoxy groups -OCH3 is 1. The van der Waals surface area contributed by atoms with Crippen LogP contribution in [0.3, 0.4) is 0 Å². The molecule has 0 unspecified atom stereocenters. The highest BCUT2D eigenvalue weighted by Gasteiger charge is 2.26. The summed E-state index contributed by atoms with van der Waals surface area (Å²) >= 11 is 5.96. The zero-order chi connectivity index (χ0) is 17.0. The second kappa shape index (κ2) is 7.10. The zero-order valence-electron chi connectivity index (χ0n) is 13.1. The standard InChI is InChI=1S/C16H18ClNO4S/c1-4-22-15-10-5-12(17)11-16(15)23(19,20)18(2)13-6-8-14(21-3)9-7-13/h5-11H,4H2,1-3H3. The van der Waals surface area contributed by atoms with Gasteiger partial charge in [0.2, 0.25) is 0 Å². The van der Waals surface area contributed by atoms with Gasteiger partial charge < -0.3 is 9.47 Å². The smallest absolute Gasteiger partial charge is 0.267 e. The number of rotatable bonds is 6. The summed E-state index contributed by atoms with van der Waals surface area (Å²) in [7, 11) is -0.773. The maximum absolute atomic E-state index is 12.9. The van der Waals surface area contributed by atoms with E-state index in [4.69, 9.17) is 21.1 Å². The van der Waals surface area contributed by atoms with Crippen molar-refractivity contribution in [2.45, 2.75) is 11.8 Å². The van der Waals surface area contributed by atoms with Crippen molar-refractivity contribution in [2.75, 3.05) is 25.1 Å². The van der Waals surface area contributed by atoms with E-state index >= 15 is 0 Å². The van der Waals surface area contributed by atoms with Gasteiger partial charge in [-0.3, -0.25) is 4.31 Å². The van der Waals surface area contributed by atoms with Crippen molar-refractivity contribution >= 4 is 27.3 Å². The van der Waals surface area contributed by atoms with Gasteiger partial charge >= 0.3 is 0 Å². The molecule has 0 fully saturated rings. The SMILES string of the molecule is CCOc1ccc(Cl)cc1S(=O)(=O)N(C)c1ccc(OC)cc1. The van der Waals surface area contributed by atoms with E-state index in [-0.39, 0.29) is 10.6 Å². The molecule has 0 radical (unpaired) electrons. The van der Waals surface area contributed by atoms with E-state index in [0.29, 0.717) is 23.1 Å². The van der Waals surface area contributed by atoms with E-state index in [9.17, 15) is 8.42 Å². The van der Waals surface area contributed by atoms with Crippen LogP contribution in [0.25, 0.3) is 0 Å². The molecule has 2 aromatic carbocycles. The van der Waals surface area contributed by atoms with Gasteiger partial charge in [-0.25, -0.2) is 8.42 Å². The minimum Gasteiger partial charge on any atom is -0.497 e. The molecular weight excluding hydrogens is 338 g/mol. The predicted molar refractivity (Wildman–Crippen MR) is 91.2 cm³/mol. The van der Waals surface area contributed by atoms with Gasteiger partial charge in [0.05, 0.1) is 19.4 Å². The molecule has 0 aromatic heterocycles. The summed E-state index contributed by atoms with van der Waals surface area (Å²) < 4.78 is 37.5. The van der Waals surface area contributed by atoms with Crippen LogP contribution in [-0.4, -0.2) is 29.2 Å². The second-order valence-corrected chi connectivity index (χ2v) is 7.07. The molecule has 2 rings (SSSR count). The summed E-state index contributed by atoms with van der Waals surface area (Å²) in [5.41, 5.74) is 0.508. The molecule has 0 saturated carbocycles. The number of anilines is 1. The Kier molecular flexibility index (Phi) is 5.38. The lowest BCUT2D eigenvalue weighted by Gasteiger charge is -2.21. The Balaban J connectivity index is 2.46. The Hall–Kier alpha value is -1.92. The van der Waals surface area contributed by atoms with Crippen LogP contribution < -0.4 is 13.8 Å². The topological polar surface area (TPSA) is 55.8 Å². The molecule has 0 bridgehead atoms. The van der Waals surface area contributed by atoms with E-state index in [1.807, 2.05) is 0 Å². The van der Waals surface area contributed by atoms with Crippen molar-refractivity contribution in [3.05, 3.63) is 47.5 Å². The second-order valence-electron chi connectivity index (χ2n) is 4.69. The van der Waals surface area contributed by atoms with Gasteiger partial charge in [-0.15, -0.1) is 0 Å². The number of ether oxygens (including phenoxy) is 2. The molecule has 0 aliphatic heterocycles. The molecule has 7 heteroatoms. The highest BCUT2D eigenvalue weighted by Crippen LogP contribution is 2.32. The molecule has 2 aromatic rings. The normalized spacial score (nSPS) is 11.1. The minimum atomic E-state index is -3.80. The van der Waals surface area contributed by atoms with Crippen molar-refractivity contribution in [2.24, 2.45) is 0 Å². The van der Waals surface area contributed by atoms with Gasteiger partial charge in [-0.1, -0.05) is 11.6 Å². The number of sulfonamides is 1. The quantitative estimate of drug-likeness (QED) is 0.794. The molecule has 0 saturated heterocycles. The maximum atomic E-state index is 12.9. The van der Waals surface area contributed by atoms with Gasteiger partial charge in [-0.2, -0.15) is 0 Å². The molecule has 0 atom stereocenters. The third-order valence-electron chi connectivity index (χ3n) is 3.28. The van der Waals surface area contributed by atoms with Crippen molar-refractivity contribution < 1.29 is 17.9 Å². The predicted octanol–water partition coefficient (Wildman–Crippen LogP) is 3.57. The first-order chi connectivity index (χ1) is 10.9. The van der Waals surface area contributed by atoms with E-state index in [2.05, 4.69) is 0 Å². The molecule has 0 heterocycles. The molecule has 0 spiro atoms. The van der Waals surface area contributed by atoms with Gasteiger partial charge in [0.15, 0.2) is 0 Å². The average Bonchev–Trinajstić information content (AvgIpc) is 2.56. The zero-order valence-corrected chi connectivity index (χ0v) is 14.7. The van der Waals surface area contributed by atoms with Gasteiger partial charge in [0.1, 0.15) is 16.4 Å². The summed E-state index contributed by atoms with van der Waals surface area (Å²) in [4.78, 5) is 0.0326. The van der Waals surface area contributed by atoms with Crippen LogP contribution in [0.4, 0.5) is 5.69 Å². The van der Waals surface area contributed by atoms with E-state index in [1.165, 1.54) is 17.4 Å². The molecule has 124 valence electrons.